The van der Waals surface area contributed by atoms with Crippen molar-refractivity contribution in [3.8, 4) is 0 Å². The van der Waals surface area contributed by atoms with Crippen molar-refractivity contribution in [2.45, 2.75) is 75.1 Å². The Morgan fingerprint density at radius 3 is 2.44 bits per heavy atom. The zero-order valence-corrected chi connectivity index (χ0v) is 15.2. The Bertz CT molecular complexity index is 640. The highest BCUT2D eigenvalue weighted by atomic mass is 16.8. The summed E-state index contributed by atoms with van der Waals surface area (Å²) < 4.78 is 5.80. The third kappa shape index (κ3) is 2.25. The van der Waals surface area contributed by atoms with Crippen molar-refractivity contribution in [1.29, 1.82) is 0 Å². The van der Waals surface area contributed by atoms with Gasteiger partial charge in [0.1, 0.15) is 0 Å². The fraction of sp³-hybridized carbons (Fsp3) is 0.684. The highest BCUT2D eigenvalue weighted by Crippen LogP contribution is 2.57. The summed E-state index contributed by atoms with van der Waals surface area (Å²) in [7, 11) is 1.64. The molecule has 0 radical (unpaired) electrons. The van der Waals surface area contributed by atoms with E-state index in [-0.39, 0.29) is 18.5 Å². The second kappa shape index (κ2) is 5.74. The third-order valence-electron chi connectivity index (χ3n) is 6.49. The lowest BCUT2D eigenvalue weighted by Crippen LogP contribution is -2.64. The SMILES string of the molecule is COC(C)(C)[C@@]12C[C@@](O)(c3ccccc3)ON1[C@@H]1CCCC[C@@H]1N2O. The molecule has 2 N–H and O–H groups in total. The zero-order valence-electron chi connectivity index (χ0n) is 15.2. The normalized spacial score (nSPS) is 39.4. The van der Waals surface area contributed by atoms with Crippen LogP contribution in [-0.2, 0) is 15.4 Å². The van der Waals surface area contributed by atoms with Gasteiger partial charge in [-0.25, -0.2) is 0 Å². The Kier molecular flexibility index (Phi) is 3.99. The predicted octanol–water partition coefficient (Wildman–Crippen LogP) is 2.61. The number of benzene rings is 1. The Balaban J connectivity index is 1.81. The van der Waals surface area contributed by atoms with Crippen molar-refractivity contribution in [2.24, 2.45) is 0 Å². The van der Waals surface area contributed by atoms with Crippen LogP contribution >= 0.6 is 0 Å². The van der Waals surface area contributed by atoms with Crippen LogP contribution in [0.2, 0.25) is 0 Å². The first-order valence-corrected chi connectivity index (χ1v) is 9.15. The Morgan fingerprint density at radius 1 is 1.16 bits per heavy atom. The van der Waals surface area contributed by atoms with Gasteiger partial charge in [0.25, 0.3) is 0 Å². The van der Waals surface area contributed by atoms with Crippen LogP contribution in [0.5, 0.6) is 0 Å². The number of fused-ring (bicyclic) bond motifs is 3. The minimum Gasteiger partial charge on any atom is -0.375 e. The number of rotatable bonds is 3. The molecule has 3 fully saturated rings. The lowest BCUT2D eigenvalue weighted by Gasteiger charge is -2.46. The van der Waals surface area contributed by atoms with Crippen molar-refractivity contribution in [3.05, 3.63) is 35.9 Å². The molecular formula is C19H28N2O4. The van der Waals surface area contributed by atoms with E-state index in [1.807, 2.05) is 49.2 Å². The molecule has 4 atom stereocenters. The highest BCUT2D eigenvalue weighted by molar-refractivity contribution is 5.25. The van der Waals surface area contributed by atoms with Gasteiger partial charge in [-0.1, -0.05) is 43.2 Å². The molecule has 138 valence electrons. The fourth-order valence-corrected chi connectivity index (χ4v) is 4.90. The minimum absolute atomic E-state index is 0.00324. The molecule has 1 aromatic rings. The second-order valence-electron chi connectivity index (χ2n) is 8.04. The summed E-state index contributed by atoms with van der Waals surface area (Å²) >= 11 is 0. The molecule has 1 saturated carbocycles. The maximum absolute atomic E-state index is 11.3. The second-order valence-corrected chi connectivity index (χ2v) is 8.04. The Labute approximate surface area is 148 Å². The van der Waals surface area contributed by atoms with E-state index in [1.165, 1.54) is 5.06 Å². The number of hydrogen-bond acceptors (Lipinski definition) is 6. The van der Waals surface area contributed by atoms with Crippen LogP contribution in [0, 0.1) is 0 Å². The molecule has 0 unspecified atom stereocenters. The van der Waals surface area contributed by atoms with Gasteiger partial charge < -0.3 is 15.1 Å². The molecule has 0 bridgehead atoms. The van der Waals surface area contributed by atoms with Gasteiger partial charge in [-0.2, -0.15) is 10.1 Å². The van der Waals surface area contributed by atoms with E-state index < -0.39 is 17.1 Å². The first-order chi connectivity index (χ1) is 11.9. The van der Waals surface area contributed by atoms with Gasteiger partial charge in [0.15, 0.2) is 5.66 Å². The van der Waals surface area contributed by atoms with Crippen molar-refractivity contribution < 1.29 is 19.9 Å². The molecule has 6 heteroatoms. The molecule has 2 aliphatic heterocycles. The van der Waals surface area contributed by atoms with Crippen LogP contribution in [0.4, 0.5) is 0 Å². The first kappa shape index (κ1) is 17.4. The van der Waals surface area contributed by atoms with Crippen molar-refractivity contribution in [2.75, 3.05) is 7.11 Å². The zero-order chi connectivity index (χ0) is 17.9. The number of methoxy groups -OCH3 is 1. The third-order valence-corrected chi connectivity index (χ3v) is 6.49. The van der Waals surface area contributed by atoms with Crippen LogP contribution in [0.3, 0.4) is 0 Å². The molecule has 1 aliphatic carbocycles. The maximum Gasteiger partial charge on any atom is 0.214 e. The molecular weight excluding hydrogens is 320 g/mol. The summed E-state index contributed by atoms with van der Waals surface area (Å²) in [6.07, 6.45) is 4.27. The number of hydroxylamine groups is 4. The van der Waals surface area contributed by atoms with Gasteiger partial charge >= 0.3 is 0 Å². The summed E-state index contributed by atoms with van der Waals surface area (Å²) in [6, 6.07) is 9.44. The Hall–Kier alpha value is -1.02. The lowest BCUT2D eigenvalue weighted by atomic mass is 9.83. The fourth-order valence-electron chi connectivity index (χ4n) is 4.90. The van der Waals surface area contributed by atoms with E-state index in [4.69, 9.17) is 9.57 Å². The summed E-state index contributed by atoms with van der Waals surface area (Å²) in [5.41, 5.74) is -0.985. The molecule has 2 saturated heterocycles. The Morgan fingerprint density at radius 2 is 1.80 bits per heavy atom. The number of nitrogens with zero attached hydrogens (tertiary/aromatic N) is 2. The summed E-state index contributed by atoms with van der Waals surface area (Å²) in [4.78, 5) is 6.20. The average molecular weight is 348 g/mol. The average Bonchev–Trinajstić information content (AvgIpc) is 3.08. The van der Waals surface area contributed by atoms with Crippen molar-refractivity contribution in [3.63, 3.8) is 0 Å². The van der Waals surface area contributed by atoms with E-state index in [2.05, 4.69) is 0 Å². The van der Waals surface area contributed by atoms with Crippen LogP contribution in [0.25, 0.3) is 0 Å². The molecule has 2 heterocycles. The van der Waals surface area contributed by atoms with Crippen molar-refractivity contribution >= 4 is 0 Å². The molecule has 4 rings (SSSR count). The largest absolute Gasteiger partial charge is 0.375 e. The molecule has 0 amide bonds. The van der Waals surface area contributed by atoms with E-state index in [9.17, 15) is 10.3 Å². The maximum atomic E-state index is 11.3. The van der Waals surface area contributed by atoms with Gasteiger partial charge in [-0.05, 0) is 26.7 Å². The predicted molar refractivity (Wildman–Crippen MR) is 91.4 cm³/mol. The van der Waals surface area contributed by atoms with E-state index in [0.717, 1.165) is 25.7 Å². The number of aliphatic hydroxyl groups is 1. The first-order valence-electron chi connectivity index (χ1n) is 9.15. The summed E-state index contributed by atoms with van der Waals surface area (Å²) in [6.45, 7) is 3.89. The monoisotopic (exact) mass is 348 g/mol. The number of hydrogen-bond donors (Lipinski definition) is 2. The van der Waals surface area contributed by atoms with Gasteiger partial charge in [0.2, 0.25) is 5.79 Å². The van der Waals surface area contributed by atoms with Crippen LogP contribution < -0.4 is 0 Å². The van der Waals surface area contributed by atoms with Gasteiger partial charge in [0, 0.05) is 19.1 Å². The van der Waals surface area contributed by atoms with E-state index in [0.29, 0.717) is 5.56 Å². The quantitative estimate of drug-likeness (QED) is 0.875. The summed E-state index contributed by atoms with van der Waals surface area (Å²) in [5, 5.41) is 25.8. The summed E-state index contributed by atoms with van der Waals surface area (Å²) in [5.74, 6) is -1.49. The standard InChI is InChI=1S/C19H28N2O4/c1-17(2,24-3)19-13-18(22,14-9-5-4-6-10-14)25-21(19)16-12-8-7-11-15(16)20(19)23/h4-6,9-10,15-16,22-23H,7-8,11-13H2,1-3H3/t15-,16+,18-,19+/m0/s1. The molecule has 3 aliphatic rings. The van der Waals surface area contributed by atoms with Gasteiger partial charge in [-0.3, -0.25) is 4.84 Å². The van der Waals surface area contributed by atoms with Gasteiger partial charge in [0.05, 0.1) is 17.7 Å². The lowest BCUT2D eigenvalue weighted by molar-refractivity contribution is -0.334. The van der Waals surface area contributed by atoms with Crippen LogP contribution in [-0.4, -0.2) is 50.9 Å². The minimum atomic E-state index is -1.49. The highest BCUT2D eigenvalue weighted by Gasteiger charge is 2.73. The molecule has 6 nitrogen and oxygen atoms in total. The van der Waals surface area contributed by atoms with E-state index >= 15 is 0 Å². The van der Waals surface area contributed by atoms with Gasteiger partial charge in [-0.15, -0.1) is 0 Å². The topological polar surface area (TPSA) is 65.4 Å². The molecule has 25 heavy (non-hydrogen) atoms. The molecule has 0 aromatic heterocycles. The van der Waals surface area contributed by atoms with Crippen molar-refractivity contribution in [1.82, 2.24) is 10.1 Å². The molecule has 0 spiro atoms. The van der Waals surface area contributed by atoms with Crippen LogP contribution in [0.15, 0.2) is 30.3 Å². The van der Waals surface area contributed by atoms with E-state index in [1.54, 1.807) is 7.11 Å². The van der Waals surface area contributed by atoms with Crippen LogP contribution in [0.1, 0.15) is 51.5 Å². The molecule has 1 aromatic carbocycles. The number of ether oxygens (including phenoxy) is 1. The smallest absolute Gasteiger partial charge is 0.214 e.